The average Bonchev–Trinajstić information content (AvgIpc) is 3.16. The van der Waals surface area contributed by atoms with Gasteiger partial charge in [0.1, 0.15) is 17.4 Å². The standard InChI is InChI=1S/C21H24N6O/c1-14(2)28-16-3-4-18(22)17(12-16)21(23)15-5-6-24-19(11-15)27-10-9-26-8-7-25-20(26)13-27/h3-8,11-12,14,23H,9-10,13,22H2,1-2H3. The number of nitrogens with zero attached hydrogens (tertiary/aromatic N) is 4. The molecular formula is C21H24N6O. The number of fused-ring (bicyclic) bond motifs is 1. The lowest BCUT2D eigenvalue weighted by Gasteiger charge is -2.28. The van der Waals surface area contributed by atoms with Gasteiger partial charge in [0, 0.05) is 48.5 Å². The van der Waals surface area contributed by atoms with Crippen molar-refractivity contribution in [1.29, 1.82) is 5.41 Å². The monoisotopic (exact) mass is 376 g/mol. The molecule has 7 nitrogen and oxygen atoms in total. The number of anilines is 2. The zero-order valence-corrected chi connectivity index (χ0v) is 16.1. The molecular weight excluding hydrogens is 352 g/mol. The van der Waals surface area contributed by atoms with Crippen molar-refractivity contribution >= 4 is 17.2 Å². The molecule has 0 saturated carbocycles. The van der Waals surface area contributed by atoms with Gasteiger partial charge in [0.25, 0.3) is 0 Å². The Balaban J connectivity index is 1.60. The molecule has 0 bridgehead atoms. The van der Waals surface area contributed by atoms with Crippen molar-refractivity contribution in [2.24, 2.45) is 0 Å². The molecule has 0 fully saturated rings. The van der Waals surface area contributed by atoms with E-state index >= 15 is 0 Å². The Morgan fingerprint density at radius 2 is 2.00 bits per heavy atom. The molecule has 144 valence electrons. The average molecular weight is 376 g/mol. The van der Waals surface area contributed by atoms with E-state index in [1.54, 1.807) is 12.3 Å². The fourth-order valence-corrected chi connectivity index (χ4v) is 3.37. The number of rotatable bonds is 5. The fraction of sp³-hybridized carbons (Fsp3) is 0.286. The highest BCUT2D eigenvalue weighted by Crippen LogP contribution is 2.25. The van der Waals surface area contributed by atoms with Crippen molar-refractivity contribution in [2.75, 3.05) is 17.2 Å². The minimum atomic E-state index is 0.0600. The Labute approximate surface area is 164 Å². The number of nitrogen functional groups attached to an aromatic ring is 1. The second kappa shape index (κ2) is 7.34. The molecule has 7 heteroatoms. The molecule has 28 heavy (non-hydrogen) atoms. The smallest absolute Gasteiger partial charge is 0.129 e. The van der Waals surface area contributed by atoms with Crippen molar-refractivity contribution in [3.63, 3.8) is 0 Å². The lowest BCUT2D eigenvalue weighted by molar-refractivity contribution is 0.242. The zero-order valence-electron chi connectivity index (χ0n) is 16.1. The first-order valence-corrected chi connectivity index (χ1v) is 9.38. The Morgan fingerprint density at radius 3 is 2.82 bits per heavy atom. The summed E-state index contributed by atoms with van der Waals surface area (Å²) in [4.78, 5) is 11.1. The van der Waals surface area contributed by atoms with Gasteiger partial charge in [-0.05, 0) is 44.2 Å². The molecule has 3 heterocycles. The number of imidazole rings is 1. The van der Waals surface area contributed by atoms with E-state index in [9.17, 15) is 0 Å². The van der Waals surface area contributed by atoms with Crippen LogP contribution in [0.3, 0.4) is 0 Å². The van der Waals surface area contributed by atoms with Crippen molar-refractivity contribution < 1.29 is 4.74 Å². The number of hydrogen-bond acceptors (Lipinski definition) is 6. The zero-order chi connectivity index (χ0) is 19.7. The molecule has 0 amide bonds. The van der Waals surface area contributed by atoms with Crippen LogP contribution in [-0.2, 0) is 13.1 Å². The highest BCUT2D eigenvalue weighted by atomic mass is 16.5. The minimum absolute atomic E-state index is 0.0600. The van der Waals surface area contributed by atoms with Crippen LogP contribution in [0.25, 0.3) is 0 Å². The quantitative estimate of drug-likeness (QED) is 0.527. The van der Waals surface area contributed by atoms with E-state index in [-0.39, 0.29) is 6.10 Å². The highest BCUT2D eigenvalue weighted by molar-refractivity contribution is 6.14. The number of nitrogens with one attached hydrogen (secondary N) is 1. The van der Waals surface area contributed by atoms with Crippen LogP contribution in [0.2, 0.25) is 0 Å². The van der Waals surface area contributed by atoms with Gasteiger partial charge in [-0.3, -0.25) is 5.41 Å². The number of hydrogen-bond donors (Lipinski definition) is 2. The number of aromatic nitrogens is 3. The summed E-state index contributed by atoms with van der Waals surface area (Å²) in [5.74, 6) is 2.57. The lowest BCUT2D eigenvalue weighted by atomic mass is 10.0. The maximum Gasteiger partial charge on any atom is 0.129 e. The molecule has 0 radical (unpaired) electrons. The molecule has 0 saturated heterocycles. The molecule has 3 aromatic rings. The van der Waals surface area contributed by atoms with Gasteiger partial charge in [-0.15, -0.1) is 0 Å². The topological polar surface area (TPSA) is 93.0 Å². The fourth-order valence-electron chi connectivity index (χ4n) is 3.37. The van der Waals surface area contributed by atoms with Crippen LogP contribution in [0.5, 0.6) is 5.75 Å². The lowest BCUT2D eigenvalue weighted by Crippen LogP contribution is -2.34. The minimum Gasteiger partial charge on any atom is -0.491 e. The van der Waals surface area contributed by atoms with Crippen LogP contribution < -0.4 is 15.4 Å². The Hall–Kier alpha value is -3.35. The summed E-state index contributed by atoms with van der Waals surface area (Å²) in [6.45, 7) is 6.38. The molecule has 0 atom stereocenters. The first-order valence-electron chi connectivity index (χ1n) is 9.38. The van der Waals surface area contributed by atoms with Gasteiger partial charge >= 0.3 is 0 Å². The maximum absolute atomic E-state index is 8.70. The van der Waals surface area contributed by atoms with Crippen molar-refractivity contribution in [2.45, 2.75) is 33.0 Å². The van der Waals surface area contributed by atoms with E-state index in [2.05, 4.69) is 19.4 Å². The summed E-state index contributed by atoms with van der Waals surface area (Å²) in [5, 5.41) is 8.70. The number of pyridine rings is 1. The molecule has 1 aliphatic rings. The second-order valence-corrected chi connectivity index (χ2v) is 7.15. The largest absolute Gasteiger partial charge is 0.491 e. The summed E-state index contributed by atoms with van der Waals surface area (Å²) in [6.07, 6.45) is 5.63. The Morgan fingerprint density at radius 1 is 1.14 bits per heavy atom. The summed E-state index contributed by atoms with van der Waals surface area (Å²) in [7, 11) is 0. The van der Waals surface area contributed by atoms with Crippen LogP contribution in [0.4, 0.5) is 11.5 Å². The molecule has 2 aromatic heterocycles. The highest BCUT2D eigenvalue weighted by Gasteiger charge is 2.19. The molecule has 4 rings (SSSR count). The van der Waals surface area contributed by atoms with E-state index in [4.69, 9.17) is 15.9 Å². The predicted molar refractivity (Wildman–Crippen MR) is 110 cm³/mol. The van der Waals surface area contributed by atoms with E-state index in [0.717, 1.165) is 30.3 Å². The van der Waals surface area contributed by atoms with E-state index in [0.29, 0.717) is 29.3 Å². The molecule has 0 spiro atoms. The van der Waals surface area contributed by atoms with Gasteiger partial charge in [0.15, 0.2) is 0 Å². The SMILES string of the molecule is CC(C)Oc1ccc(N)c(C(=N)c2ccnc(N3CCn4ccnc4C3)c2)c1. The summed E-state index contributed by atoms with van der Waals surface area (Å²) in [5.41, 5.74) is 8.49. The van der Waals surface area contributed by atoms with Crippen LogP contribution in [0.15, 0.2) is 48.9 Å². The molecule has 0 aliphatic carbocycles. The van der Waals surface area contributed by atoms with Gasteiger partial charge in [0.05, 0.1) is 18.4 Å². The first kappa shape index (κ1) is 18.0. The summed E-state index contributed by atoms with van der Waals surface area (Å²) < 4.78 is 7.91. The number of ether oxygens (including phenoxy) is 1. The van der Waals surface area contributed by atoms with E-state index in [1.165, 1.54) is 0 Å². The third-order valence-electron chi connectivity index (χ3n) is 4.77. The van der Waals surface area contributed by atoms with E-state index in [1.807, 2.05) is 50.5 Å². The van der Waals surface area contributed by atoms with Crippen molar-refractivity contribution in [3.05, 3.63) is 65.9 Å². The van der Waals surface area contributed by atoms with Gasteiger partial charge in [-0.2, -0.15) is 0 Å². The summed E-state index contributed by atoms with van der Waals surface area (Å²) >= 11 is 0. The van der Waals surface area contributed by atoms with Crippen LogP contribution in [0, 0.1) is 5.41 Å². The van der Waals surface area contributed by atoms with E-state index < -0.39 is 0 Å². The normalized spacial score (nSPS) is 13.5. The maximum atomic E-state index is 8.70. The van der Waals surface area contributed by atoms with Crippen LogP contribution in [-0.4, -0.2) is 32.9 Å². The van der Waals surface area contributed by atoms with Gasteiger partial charge in [-0.25, -0.2) is 9.97 Å². The van der Waals surface area contributed by atoms with Crippen molar-refractivity contribution in [1.82, 2.24) is 14.5 Å². The Kier molecular flexibility index (Phi) is 4.73. The second-order valence-electron chi connectivity index (χ2n) is 7.15. The third-order valence-corrected chi connectivity index (χ3v) is 4.77. The van der Waals surface area contributed by atoms with Crippen LogP contribution in [0.1, 0.15) is 30.8 Å². The molecule has 3 N–H and O–H groups in total. The first-order chi connectivity index (χ1) is 13.5. The van der Waals surface area contributed by atoms with Gasteiger partial charge in [0.2, 0.25) is 0 Å². The molecule has 1 aliphatic heterocycles. The number of benzene rings is 1. The number of nitrogens with two attached hydrogens (primary N) is 1. The van der Waals surface area contributed by atoms with Gasteiger partial charge < -0.3 is 19.9 Å². The van der Waals surface area contributed by atoms with Crippen molar-refractivity contribution in [3.8, 4) is 5.75 Å². The third kappa shape index (κ3) is 3.55. The van der Waals surface area contributed by atoms with Gasteiger partial charge in [-0.1, -0.05) is 0 Å². The molecule has 0 unspecified atom stereocenters. The predicted octanol–water partition coefficient (Wildman–Crippen LogP) is 3.08. The summed E-state index contributed by atoms with van der Waals surface area (Å²) in [6, 6.07) is 9.23. The van der Waals surface area contributed by atoms with Crippen LogP contribution >= 0.6 is 0 Å². The Bertz CT molecular complexity index is 1010. The molecule has 1 aromatic carbocycles.